The fourth-order valence-corrected chi connectivity index (χ4v) is 5.31. The van der Waals surface area contributed by atoms with Gasteiger partial charge < -0.3 is 20.4 Å². The molecule has 2 saturated heterocycles. The number of aromatic nitrogens is 1. The number of nitriles is 1. The molecule has 35 heavy (non-hydrogen) atoms. The van der Waals surface area contributed by atoms with E-state index in [0.29, 0.717) is 25.9 Å². The molecule has 2 aliphatic heterocycles. The van der Waals surface area contributed by atoms with Crippen LogP contribution in [0.1, 0.15) is 56.9 Å². The van der Waals surface area contributed by atoms with Crippen LogP contribution in [0.2, 0.25) is 0 Å². The van der Waals surface area contributed by atoms with Gasteiger partial charge in [0.05, 0.1) is 6.07 Å². The van der Waals surface area contributed by atoms with Crippen LogP contribution in [0.5, 0.6) is 0 Å². The molecule has 1 aromatic heterocycles. The van der Waals surface area contributed by atoms with E-state index in [4.69, 9.17) is 0 Å². The van der Waals surface area contributed by atoms with Crippen LogP contribution in [-0.2, 0) is 10.7 Å². The third-order valence-corrected chi connectivity index (χ3v) is 8.05. The smallest absolute Gasteiger partial charge is 0.318 e. The maximum absolute atomic E-state index is 14.8. The van der Waals surface area contributed by atoms with Crippen molar-refractivity contribution in [2.24, 2.45) is 5.41 Å². The number of hydrogen-bond acceptors (Lipinski definition) is 5. The molecule has 10 heteroatoms. The lowest BCUT2D eigenvalue weighted by Crippen LogP contribution is -2.65. The molecule has 5 rings (SSSR count). The van der Waals surface area contributed by atoms with Gasteiger partial charge in [-0.3, -0.25) is 9.78 Å². The summed E-state index contributed by atoms with van der Waals surface area (Å²) in [6.07, 6.45) is 7.48. The lowest BCUT2D eigenvalue weighted by molar-refractivity contribution is -0.124. The van der Waals surface area contributed by atoms with Gasteiger partial charge in [0.15, 0.2) is 0 Å². The predicted molar refractivity (Wildman–Crippen MR) is 123 cm³/mol. The number of hydrogen-bond donors (Lipinski definition) is 2. The van der Waals surface area contributed by atoms with Gasteiger partial charge in [0.2, 0.25) is 5.91 Å². The highest BCUT2D eigenvalue weighted by Gasteiger charge is 2.49. The van der Waals surface area contributed by atoms with Crippen LogP contribution in [0.25, 0.3) is 0 Å². The third-order valence-electron chi connectivity index (χ3n) is 8.05. The van der Waals surface area contributed by atoms with Gasteiger partial charge >= 0.3 is 6.03 Å². The van der Waals surface area contributed by atoms with Crippen LogP contribution in [0.4, 0.5) is 13.6 Å². The molecular weight excluding hydrogens is 454 g/mol. The van der Waals surface area contributed by atoms with Gasteiger partial charge in [-0.25, -0.2) is 13.6 Å². The van der Waals surface area contributed by atoms with E-state index in [9.17, 15) is 23.6 Å². The number of rotatable bonds is 8. The van der Waals surface area contributed by atoms with Crippen LogP contribution in [0, 0.1) is 16.7 Å². The molecule has 1 spiro atoms. The Hall–Kier alpha value is -2.80. The van der Waals surface area contributed by atoms with E-state index in [-0.39, 0.29) is 17.4 Å². The second-order valence-corrected chi connectivity index (χ2v) is 10.8. The van der Waals surface area contributed by atoms with Crippen molar-refractivity contribution in [1.82, 2.24) is 25.4 Å². The first-order valence-electron chi connectivity index (χ1n) is 12.5. The molecule has 3 heterocycles. The summed E-state index contributed by atoms with van der Waals surface area (Å²) in [5.41, 5.74) is -0.992. The number of amides is 3. The van der Waals surface area contributed by atoms with Gasteiger partial charge in [-0.15, -0.1) is 0 Å². The summed E-state index contributed by atoms with van der Waals surface area (Å²) in [7, 11) is 0. The molecule has 3 amide bonds. The molecule has 0 unspecified atom stereocenters. The van der Waals surface area contributed by atoms with Gasteiger partial charge in [0, 0.05) is 48.9 Å². The largest absolute Gasteiger partial charge is 0.336 e. The molecule has 8 nitrogen and oxygen atoms in total. The minimum atomic E-state index is -3.17. The van der Waals surface area contributed by atoms with Crippen molar-refractivity contribution in [2.75, 3.05) is 26.2 Å². The highest BCUT2D eigenvalue weighted by molar-refractivity contribution is 5.88. The topological polar surface area (TPSA) is 101 Å². The number of urea groups is 1. The molecule has 4 fully saturated rings. The third kappa shape index (κ3) is 5.25. The molecule has 0 aromatic carbocycles. The monoisotopic (exact) mass is 486 g/mol. The Labute approximate surface area is 204 Å². The standard InChI is InChI=1S/C25H32F2N6O2/c26-25(27,18-4-11-29-12-5-18)6-3-20(21(34)31-24(15-28)7-8-24)30-22(35)33-16-23(17-33)9-13-32(14-10-23)19-1-2-19/h4-5,11-12,19-20H,1-3,6-10,13-14,16-17H2,(H,30,35)(H,31,34)/t20-/m0/s1. The van der Waals surface area contributed by atoms with Crippen molar-refractivity contribution in [3.63, 3.8) is 0 Å². The molecule has 0 radical (unpaired) electrons. The lowest BCUT2D eigenvalue weighted by atomic mass is 9.72. The molecule has 0 bridgehead atoms. The Morgan fingerprint density at radius 3 is 2.40 bits per heavy atom. The Balaban J connectivity index is 1.18. The minimum absolute atomic E-state index is 0.133. The molecule has 188 valence electrons. The van der Waals surface area contributed by atoms with E-state index >= 15 is 0 Å². The summed E-state index contributed by atoms with van der Waals surface area (Å²) in [6.45, 7) is 3.37. The normalized spacial score (nSPS) is 23.6. The first kappa shape index (κ1) is 23.9. The highest BCUT2D eigenvalue weighted by atomic mass is 19.3. The van der Waals surface area contributed by atoms with Crippen LogP contribution in [0.15, 0.2) is 24.5 Å². The first-order valence-corrected chi connectivity index (χ1v) is 12.5. The molecule has 4 aliphatic rings. The molecular formula is C25H32F2N6O2. The number of alkyl halides is 2. The number of pyridine rings is 1. The van der Waals surface area contributed by atoms with E-state index in [2.05, 4.69) is 26.6 Å². The predicted octanol–water partition coefficient (Wildman–Crippen LogP) is 2.76. The quantitative estimate of drug-likeness (QED) is 0.589. The zero-order valence-electron chi connectivity index (χ0n) is 19.8. The van der Waals surface area contributed by atoms with Crippen LogP contribution >= 0.6 is 0 Å². The van der Waals surface area contributed by atoms with Gasteiger partial charge in [0.25, 0.3) is 5.92 Å². The zero-order valence-corrected chi connectivity index (χ0v) is 19.8. The van der Waals surface area contributed by atoms with Crippen molar-refractivity contribution in [3.8, 4) is 6.07 Å². The van der Waals surface area contributed by atoms with Crippen molar-refractivity contribution < 1.29 is 18.4 Å². The number of piperidine rings is 1. The summed E-state index contributed by atoms with van der Waals surface area (Å²) in [5.74, 6) is -3.76. The Morgan fingerprint density at radius 1 is 1.17 bits per heavy atom. The second kappa shape index (κ2) is 9.01. The number of carbonyl (C=O) groups excluding carboxylic acids is 2. The summed E-state index contributed by atoms with van der Waals surface area (Å²) in [6, 6.07) is 3.77. The molecule has 2 N–H and O–H groups in total. The van der Waals surface area contributed by atoms with E-state index in [1.54, 1.807) is 4.90 Å². The zero-order chi connectivity index (χ0) is 24.7. The van der Waals surface area contributed by atoms with Crippen LogP contribution in [-0.4, -0.2) is 70.5 Å². The van der Waals surface area contributed by atoms with E-state index in [1.165, 1.54) is 37.4 Å². The number of carbonyl (C=O) groups is 2. The average Bonchev–Trinajstić information content (AvgIpc) is 3.76. The maximum atomic E-state index is 14.8. The minimum Gasteiger partial charge on any atom is -0.336 e. The van der Waals surface area contributed by atoms with Gasteiger partial charge in [0.1, 0.15) is 11.6 Å². The van der Waals surface area contributed by atoms with Crippen molar-refractivity contribution >= 4 is 11.9 Å². The van der Waals surface area contributed by atoms with E-state index < -0.39 is 35.9 Å². The number of likely N-dealkylation sites (tertiary alicyclic amines) is 2. The fraction of sp³-hybridized carbons (Fsp3) is 0.680. The van der Waals surface area contributed by atoms with Crippen molar-refractivity contribution in [3.05, 3.63) is 30.1 Å². The highest BCUT2D eigenvalue weighted by Crippen LogP contribution is 2.43. The molecule has 1 aromatic rings. The maximum Gasteiger partial charge on any atom is 0.318 e. The van der Waals surface area contributed by atoms with Crippen LogP contribution < -0.4 is 10.6 Å². The number of nitrogens with one attached hydrogen (secondary N) is 2. The number of nitrogens with zero attached hydrogens (tertiary/aromatic N) is 4. The molecule has 2 saturated carbocycles. The van der Waals surface area contributed by atoms with Gasteiger partial charge in [-0.05, 0) is 70.2 Å². The summed E-state index contributed by atoms with van der Waals surface area (Å²) in [5, 5.41) is 14.7. The van der Waals surface area contributed by atoms with Crippen LogP contribution in [0.3, 0.4) is 0 Å². The van der Waals surface area contributed by atoms with Crippen molar-refractivity contribution in [1.29, 1.82) is 5.26 Å². The first-order chi connectivity index (χ1) is 16.7. The van der Waals surface area contributed by atoms with Gasteiger partial charge in [-0.1, -0.05) is 0 Å². The van der Waals surface area contributed by atoms with Crippen molar-refractivity contribution in [2.45, 2.75) is 74.9 Å². The lowest BCUT2D eigenvalue weighted by Gasteiger charge is -2.54. The second-order valence-electron chi connectivity index (χ2n) is 10.8. The fourth-order valence-electron chi connectivity index (χ4n) is 5.31. The SMILES string of the molecule is N#CC1(NC(=O)[C@H](CCC(F)(F)c2ccncc2)NC(=O)N2CC3(CCN(C4CC4)CC3)C2)CC1. The Kier molecular flexibility index (Phi) is 6.16. The number of halogens is 2. The Bertz CT molecular complexity index is 989. The Morgan fingerprint density at radius 2 is 1.83 bits per heavy atom. The molecule has 1 atom stereocenters. The van der Waals surface area contributed by atoms with Gasteiger partial charge in [-0.2, -0.15) is 5.26 Å². The average molecular weight is 487 g/mol. The summed E-state index contributed by atoms with van der Waals surface area (Å²) in [4.78, 5) is 33.9. The molecule has 2 aliphatic carbocycles. The van der Waals surface area contributed by atoms with E-state index in [1.807, 2.05) is 0 Å². The van der Waals surface area contributed by atoms with E-state index in [0.717, 1.165) is 32.0 Å². The summed E-state index contributed by atoms with van der Waals surface area (Å²) < 4.78 is 29.5. The summed E-state index contributed by atoms with van der Waals surface area (Å²) >= 11 is 0.